The molecule has 3 aromatic rings. The number of rotatable bonds is 6. The summed E-state index contributed by atoms with van der Waals surface area (Å²) in [6, 6.07) is 12.8. The number of fused-ring (bicyclic) bond motifs is 1. The molecule has 1 N–H and O–H groups in total. The highest BCUT2D eigenvalue weighted by Gasteiger charge is 2.11. The zero-order valence-corrected chi connectivity index (χ0v) is 14.9. The summed E-state index contributed by atoms with van der Waals surface area (Å²) in [6.07, 6.45) is 0.872. The van der Waals surface area contributed by atoms with Crippen molar-refractivity contribution in [2.24, 2.45) is 0 Å². The van der Waals surface area contributed by atoms with Gasteiger partial charge in [-0.3, -0.25) is 0 Å². The number of ether oxygens (including phenoxy) is 1. The molecule has 0 aliphatic rings. The van der Waals surface area contributed by atoms with Gasteiger partial charge in [0.2, 0.25) is 0 Å². The number of aromatic nitrogens is 2. The van der Waals surface area contributed by atoms with E-state index in [1.807, 2.05) is 24.3 Å². The van der Waals surface area contributed by atoms with Crippen molar-refractivity contribution in [1.82, 2.24) is 9.97 Å². The molecule has 0 spiro atoms. The molecule has 24 heavy (non-hydrogen) atoms. The summed E-state index contributed by atoms with van der Waals surface area (Å²) < 4.78 is 5.54. The fourth-order valence-electron chi connectivity index (χ4n) is 2.10. The molecule has 0 aliphatic heterocycles. The van der Waals surface area contributed by atoms with Gasteiger partial charge < -0.3 is 9.84 Å². The number of hydrogen-bond donors (Lipinski definition) is 1. The second-order valence-electron chi connectivity index (χ2n) is 5.05. The zero-order chi connectivity index (χ0) is 16.9. The Morgan fingerprint density at radius 3 is 2.79 bits per heavy atom. The van der Waals surface area contributed by atoms with Crippen LogP contribution in [0.4, 0.5) is 0 Å². The van der Waals surface area contributed by atoms with E-state index in [1.54, 1.807) is 18.2 Å². The van der Waals surface area contributed by atoms with Crippen LogP contribution < -0.4 is 4.74 Å². The van der Waals surface area contributed by atoms with Crippen LogP contribution in [0.2, 0.25) is 10.0 Å². The molecular formula is C17H14Cl2N2O2S. The highest BCUT2D eigenvalue weighted by molar-refractivity contribution is 7.99. The Balaban J connectivity index is 1.58. The van der Waals surface area contributed by atoms with Crippen molar-refractivity contribution < 1.29 is 9.84 Å². The van der Waals surface area contributed by atoms with Crippen LogP contribution >= 0.6 is 35.0 Å². The lowest BCUT2D eigenvalue weighted by atomic mass is 10.2. The first-order chi connectivity index (χ1) is 11.6. The Morgan fingerprint density at radius 1 is 1.12 bits per heavy atom. The standard InChI is InChI=1S/C17H14Cl2N2O2S/c18-11-5-6-16(14(19)7-11)23-8-12(22)9-24-17-13-3-1-2-4-15(13)20-10-21-17/h1-7,10,12,22H,8-9H2/t12-/m1/s1. The van der Waals surface area contributed by atoms with Gasteiger partial charge in [-0.2, -0.15) is 0 Å². The third kappa shape index (κ3) is 4.30. The summed E-state index contributed by atoms with van der Waals surface area (Å²) in [7, 11) is 0. The molecule has 0 radical (unpaired) electrons. The first-order valence-corrected chi connectivity index (χ1v) is 8.96. The smallest absolute Gasteiger partial charge is 0.138 e. The molecule has 124 valence electrons. The summed E-state index contributed by atoms with van der Waals surface area (Å²) in [5.74, 6) is 0.948. The van der Waals surface area contributed by atoms with Crippen molar-refractivity contribution in [3.63, 3.8) is 0 Å². The minimum absolute atomic E-state index is 0.136. The predicted molar refractivity (Wildman–Crippen MR) is 98.2 cm³/mol. The van der Waals surface area contributed by atoms with Crippen molar-refractivity contribution in [3.05, 3.63) is 58.8 Å². The molecule has 1 aromatic heterocycles. The van der Waals surface area contributed by atoms with Crippen molar-refractivity contribution in [3.8, 4) is 5.75 Å². The topological polar surface area (TPSA) is 55.2 Å². The molecule has 1 atom stereocenters. The molecule has 0 amide bonds. The number of benzene rings is 2. The molecule has 3 rings (SSSR count). The molecule has 4 nitrogen and oxygen atoms in total. The molecule has 1 heterocycles. The van der Waals surface area contributed by atoms with Gasteiger partial charge in [-0.05, 0) is 24.3 Å². The van der Waals surface area contributed by atoms with Crippen molar-refractivity contribution in [2.45, 2.75) is 11.1 Å². The number of hydrogen-bond acceptors (Lipinski definition) is 5. The Bertz CT molecular complexity index is 842. The zero-order valence-electron chi connectivity index (χ0n) is 12.5. The highest BCUT2D eigenvalue weighted by Crippen LogP contribution is 2.28. The van der Waals surface area contributed by atoms with Crippen LogP contribution in [0.1, 0.15) is 0 Å². The fraction of sp³-hybridized carbons (Fsp3) is 0.176. The highest BCUT2D eigenvalue weighted by atomic mass is 35.5. The van der Waals surface area contributed by atoms with Crippen LogP contribution in [0.25, 0.3) is 10.9 Å². The largest absolute Gasteiger partial charge is 0.489 e. The van der Waals surface area contributed by atoms with E-state index < -0.39 is 6.10 Å². The summed E-state index contributed by atoms with van der Waals surface area (Å²) in [5, 5.41) is 12.9. The lowest BCUT2D eigenvalue weighted by molar-refractivity contribution is 0.126. The minimum Gasteiger partial charge on any atom is -0.489 e. The van der Waals surface area contributed by atoms with E-state index in [4.69, 9.17) is 27.9 Å². The summed E-state index contributed by atoms with van der Waals surface area (Å²) >= 11 is 13.3. The third-order valence-corrected chi connectivity index (χ3v) is 4.92. The molecule has 0 fully saturated rings. The summed E-state index contributed by atoms with van der Waals surface area (Å²) in [6.45, 7) is 0.136. The summed E-state index contributed by atoms with van der Waals surface area (Å²) in [5.41, 5.74) is 0.883. The first kappa shape index (κ1) is 17.3. The minimum atomic E-state index is -0.657. The molecule has 0 saturated carbocycles. The number of thioether (sulfide) groups is 1. The van der Waals surface area contributed by atoms with Gasteiger partial charge in [0, 0.05) is 16.2 Å². The van der Waals surface area contributed by atoms with Gasteiger partial charge in [-0.15, -0.1) is 11.8 Å². The Morgan fingerprint density at radius 2 is 1.96 bits per heavy atom. The predicted octanol–water partition coefficient (Wildman–Crippen LogP) is 4.47. The van der Waals surface area contributed by atoms with E-state index in [0.717, 1.165) is 15.9 Å². The van der Waals surface area contributed by atoms with Crippen LogP contribution in [0.15, 0.2) is 53.8 Å². The first-order valence-electron chi connectivity index (χ1n) is 7.22. The fourth-order valence-corrected chi connectivity index (χ4v) is 3.46. The maximum Gasteiger partial charge on any atom is 0.138 e. The lowest BCUT2D eigenvalue weighted by Gasteiger charge is -2.13. The molecule has 2 aromatic carbocycles. The van der Waals surface area contributed by atoms with Crippen LogP contribution in [0.3, 0.4) is 0 Å². The number of halogens is 2. The van der Waals surface area contributed by atoms with Crippen LogP contribution in [-0.4, -0.2) is 33.5 Å². The van der Waals surface area contributed by atoms with Gasteiger partial charge in [0.25, 0.3) is 0 Å². The van der Waals surface area contributed by atoms with E-state index in [1.165, 1.54) is 18.1 Å². The van der Waals surface area contributed by atoms with Gasteiger partial charge in [0.15, 0.2) is 0 Å². The quantitative estimate of drug-likeness (QED) is 0.504. The average molecular weight is 381 g/mol. The molecule has 0 unspecified atom stereocenters. The van der Waals surface area contributed by atoms with Crippen molar-refractivity contribution >= 4 is 45.9 Å². The molecule has 7 heteroatoms. The molecular weight excluding hydrogens is 367 g/mol. The normalized spacial score (nSPS) is 12.3. The van der Waals surface area contributed by atoms with E-state index >= 15 is 0 Å². The number of para-hydroxylation sites is 1. The van der Waals surface area contributed by atoms with E-state index in [2.05, 4.69) is 9.97 Å². The number of aliphatic hydroxyl groups excluding tert-OH is 1. The van der Waals surface area contributed by atoms with Gasteiger partial charge in [-0.1, -0.05) is 41.4 Å². The maximum atomic E-state index is 10.1. The van der Waals surface area contributed by atoms with Gasteiger partial charge in [0.1, 0.15) is 23.7 Å². The van der Waals surface area contributed by atoms with Crippen LogP contribution in [0, 0.1) is 0 Å². The lowest BCUT2D eigenvalue weighted by Crippen LogP contribution is -2.20. The SMILES string of the molecule is O[C@H](COc1ccc(Cl)cc1Cl)CSc1ncnc2ccccc12. The maximum absolute atomic E-state index is 10.1. The molecule has 0 aliphatic carbocycles. The van der Waals surface area contributed by atoms with Gasteiger partial charge in [-0.25, -0.2) is 9.97 Å². The Labute approximate surface area is 153 Å². The third-order valence-electron chi connectivity index (χ3n) is 3.24. The Hall–Kier alpha value is -1.53. The van der Waals surface area contributed by atoms with Crippen LogP contribution in [-0.2, 0) is 0 Å². The molecule has 0 saturated heterocycles. The van der Waals surface area contributed by atoms with E-state index in [0.29, 0.717) is 21.5 Å². The average Bonchev–Trinajstić information content (AvgIpc) is 2.59. The van der Waals surface area contributed by atoms with Crippen molar-refractivity contribution in [2.75, 3.05) is 12.4 Å². The Kier molecular flexibility index (Phi) is 5.79. The number of aliphatic hydroxyl groups is 1. The monoisotopic (exact) mass is 380 g/mol. The van der Waals surface area contributed by atoms with E-state index in [-0.39, 0.29) is 6.61 Å². The van der Waals surface area contributed by atoms with Gasteiger partial charge in [0.05, 0.1) is 16.6 Å². The second-order valence-corrected chi connectivity index (χ2v) is 6.90. The molecule has 0 bridgehead atoms. The number of nitrogens with zero attached hydrogens (tertiary/aromatic N) is 2. The van der Waals surface area contributed by atoms with Crippen LogP contribution in [0.5, 0.6) is 5.75 Å². The summed E-state index contributed by atoms with van der Waals surface area (Å²) in [4.78, 5) is 8.51. The second kappa shape index (κ2) is 8.03. The van der Waals surface area contributed by atoms with Crippen molar-refractivity contribution in [1.29, 1.82) is 0 Å². The van der Waals surface area contributed by atoms with E-state index in [9.17, 15) is 5.11 Å². The van der Waals surface area contributed by atoms with Gasteiger partial charge >= 0.3 is 0 Å².